The first-order valence-corrected chi connectivity index (χ1v) is 10.4. The second-order valence-electron chi connectivity index (χ2n) is 7.41. The highest BCUT2D eigenvalue weighted by Gasteiger charge is 2.40. The number of rotatable bonds is 2. The van der Waals surface area contributed by atoms with Crippen LogP contribution in [0.15, 0.2) is 17.0 Å². The molecule has 0 unspecified atom stereocenters. The topological polar surface area (TPSA) is 66.9 Å². The van der Waals surface area contributed by atoms with Crippen LogP contribution >= 0.6 is 0 Å². The van der Waals surface area contributed by atoms with E-state index in [1.54, 1.807) is 12.1 Å². The standard InChI is InChI=1S/C18H24N2O4S/c1-11-9-19(10-12(2)24-11)25(22,23)15-7-14-5-4-6-20-17(14)16(8-15)13(3)18(20)21/h7-8,11-13H,4-6,9-10H2,1-3H3/t11-,12+,13-/m1/s1. The third-order valence-electron chi connectivity index (χ3n) is 5.42. The van der Waals surface area contributed by atoms with E-state index in [9.17, 15) is 13.2 Å². The Morgan fingerprint density at radius 2 is 1.80 bits per heavy atom. The Hall–Kier alpha value is -1.44. The molecule has 136 valence electrons. The third kappa shape index (κ3) is 2.60. The van der Waals surface area contributed by atoms with Gasteiger partial charge in [-0.05, 0) is 56.9 Å². The molecule has 0 aliphatic carbocycles. The number of nitrogens with zero attached hydrogens (tertiary/aromatic N) is 2. The first kappa shape index (κ1) is 17.0. The number of amides is 1. The van der Waals surface area contributed by atoms with Crippen molar-refractivity contribution in [2.45, 2.75) is 56.6 Å². The lowest BCUT2D eigenvalue weighted by atomic mass is 9.97. The molecule has 3 aliphatic heterocycles. The molecule has 1 amide bonds. The molecule has 25 heavy (non-hydrogen) atoms. The molecule has 3 atom stereocenters. The number of anilines is 1. The van der Waals surface area contributed by atoms with E-state index >= 15 is 0 Å². The lowest BCUT2D eigenvalue weighted by Crippen LogP contribution is -2.48. The van der Waals surface area contributed by atoms with Crippen LogP contribution in [0.4, 0.5) is 5.69 Å². The molecule has 3 heterocycles. The van der Waals surface area contributed by atoms with E-state index in [2.05, 4.69) is 0 Å². The van der Waals surface area contributed by atoms with Gasteiger partial charge < -0.3 is 9.64 Å². The smallest absolute Gasteiger partial charge is 0.243 e. The lowest BCUT2D eigenvalue weighted by molar-refractivity contribution is -0.119. The van der Waals surface area contributed by atoms with Gasteiger partial charge in [-0.25, -0.2) is 8.42 Å². The number of hydrogen-bond acceptors (Lipinski definition) is 4. The zero-order valence-corrected chi connectivity index (χ0v) is 15.7. The van der Waals surface area contributed by atoms with Gasteiger partial charge in [0.25, 0.3) is 0 Å². The summed E-state index contributed by atoms with van der Waals surface area (Å²) in [4.78, 5) is 14.6. The fourth-order valence-electron chi connectivity index (χ4n) is 4.29. The van der Waals surface area contributed by atoms with E-state index in [0.29, 0.717) is 18.0 Å². The first-order chi connectivity index (χ1) is 11.8. The maximum atomic E-state index is 13.2. The molecule has 0 radical (unpaired) electrons. The lowest BCUT2D eigenvalue weighted by Gasteiger charge is -2.34. The van der Waals surface area contributed by atoms with Gasteiger partial charge >= 0.3 is 0 Å². The maximum Gasteiger partial charge on any atom is 0.243 e. The SMILES string of the molecule is C[C@@H]1CN(S(=O)(=O)c2cc3c4c(c2)[C@@H](C)C(=O)N4CCC3)C[C@H](C)O1. The summed E-state index contributed by atoms with van der Waals surface area (Å²) in [6, 6.07) is 3.49. The van der Waals surface area contributed by atoms with Crippen molar-refractivity contribution in [3.8, 4) is 0 Å². The van der Waals surface area contributed by atoms with Crippen molar-refractivity contribution in [2.75, 3.05) is 24.5 Å². The zero-order chi connectivity index (χ0) is 17.9. The van der Waals surface area contributed by atoms with Gasteiger partial charge in [-0.15, -0.1) is 0 Å². The summed E-state index contributed by atoms with van der Waals surface area (Å²) in [7, 11) is -3.59. The van der Waals surface area contributed by atoms with Crippen LogP contribution in [0.5, 0.6) is 0 Å². The molecule has 1 aromatic rings. The van der Waals surface area contributed by atoms with E-state index in [1.165, 1.54) is 4.31 Å². The molecule has 3 aliphatic rings. The maximum absolute atomic E-state index is 13.2. The van der Waals surface area contributed by atoms with Crippen LogP contribution in [-0.2, 0) is 26.0 Å². The second kappa shape index (κ2) is 5.79. The number of sulfonamides is 1. The number of carbonyl (C=O) groups excluding carboxylic acids is 1. The highest BCUT2D eigenvalue weighted by Crippen LogP contribution is 2.44. The minimum absolute atomic E-state index is 0.0825. The van der Waals surface area contributed by atoms with Crippen LogP contribution < -0.4 is 4.90 Å². The number of benzene rings is 1. The Morgan fingerprint density at radius 1 is 1.12 bits per heavy atom. The van der Waals surface area contributed by atoms with Crippen molar-refractivity contribution >= 4 is 21.6 Å². The molecule has 1 aromatic carbocycles. The Bertz CT molecular complexity index is 826. The fourth-order valence-corrected chi connectivity index (χ4v) is 5.97. The minimum Gasteiger partial charge on any atom is -0.373 e. The van der Waals surface area contributed by atoms with E-state index in [4.69, 9.17) is 4.74 Å². The predicted molar refractivity (Wildman–Crippen MR) is 94.3 cm³/mol. The number of aryl methyl sites for hydroxylation is 1. The summed E-state index contributed by atoms with van der Waals surface area (Å²) in [5.41, 5.74) is 2.79. The van der Waals surface area contributed by atoms with E-state index < -0.39 is 10.0 Å². The number of ether oxygens (including phenoxy) is 1. The van der Waals surface area contributed by atoms with Gasteiger partial charge in [-0.1, -0.05) is 0 Å². The monoisotopic (exact) mass is 364 g/mol. The van der Waals surface area contributed by atoms with Crippen LogP contribution in [0.1, 0.15) is 44.2 Å². The Morgan fingerprint density at radius 3 is 2.48 bits per heavy atom. The van der Waals surface area contributed by atoms with Crippen molar-refractivity contribution in [3.63, 3.8) is 0 Å². The van der Waals surface area contributed by atoms with Gasteiger partial charge in [-0.3, -0.25) is 4.79 Å². The fraction of sp³-hybridized carbons (Fsp3) is 0.611. The van der Waals surface area contributed by atoms with Gasteiger partial charge in [0.1, 0.15) is 0 Å². The summed E-state index contributed by atoms with van der Waals surface area (Å²) < 4.78 is 33.6. The minimum atomic E-state index is -3.59. The van der Waals surface area contributed by atoms with Crippen molar-refractivity contribution in [2.24, 2.45) is 0 Å². The largest absolute Gasteiger partial charge is 0.373 e. The molecular weight excluding hydrogens is 340 g/mol. The normalized spacial score (nSPS) is 29.8. The summed E-state index contributed by atoms with van der Waals surface area (Å²) in [5, 5.41) is 0. The summed E-state index contributed by atoms with van der Waals surface area (Å²) in [6.07, 6.45) is 1.45. The van der Waals surface area contributed by atoms with Crippen LogP contribution in [0.25, 0.3) is 0 Å². The average molecular weight is 364 g/mol. The Labute approximate surface area is 148 Å². The average Bonchev–Trinajstić information content (AvgIpc) is 2.81. The number of carbonyl (C=O) groups is 1. The first-order valence-electron chi connectivity index (χ1n) is 8.93. The molecule has 6 nitrogen and oxygen atoms in total. The van der Waals surface area contributed by atoms with Crippen molar-refractivity contribution in [3.05, 3.63) is 23.3 Å². The van der Waals surface area contributed by atoms with Gasteiger partial charge in [0.05, 0.1) is 28.7 Å². The highest BCUT2D eigenvalue weighted by molar-refractivity contribution is 7.89. The second-order valence-corrected chi connectivity index (χ2v) is 9.35. The van der Waals surface area contributed by atoms with Crippen LogP contribution in [-0.4, -0.2) is 50.5 Å². The third-order valence-corrected chi connectivity index (χ3v) is 7.23. The van der Waals surface area contributed by atoms with Gasteiger partial charge in [0, 0.05) is 19.6 Å². The quantitative estimate of drug-likeness (QED) is 0.804. The summed E-state index contributed by atoms with van der Waals surface area (Å²) in [6.45, 7) is 7.10. The van der Waals surface area contributed by atoms with Crippen LogP contribution in [0, 0.1) is 0 Å². The molecule has 0 aromatic heterocycles. The molecule has 0 saturated carbocycles. The van der Waals surface area contributed by atoms with Crippen molar-refractivity contribution in [1.29, 1.82) is 0 Å². The molecule has 1 fully saturated rings. The number of morpholine rings is 1. The highest BCUT2D eigenvalue weighted by atomic mass is 32.2. The zero-order valence-electron chi connectivity index (χ0n) is 14.9. The summed E-state index contributed by atoms with van der Waals surface area (Å²) in [5.74, 6) is -0.191. The molecule has 1 saturated heterocycles. The van der Waals surface area contributed by atoms with Crippen LogP contribution in [0.2, 0.25) is 0 Å². The van der Waals surface area contributed by atoms with E-state index in [-0.39, 0.29) is 24.0 Å². The Balaban J connectivity index is 1.78. The van der Waals surface area contributed by atoms with Crippen LogP contribution in [0.3, 0.4) is 0 Å². The van der Waals surface area contributed by atoms with Gasteiger partial charge in [0.2, 0.25) is 15.9 Å². The van der Waals surface area contributed by atoms with E-state index in [1.807, 2.05) is 25.7 Å². The van der Waals surface area contributed by atoms with E-state index in [0.717, 1.165) is 36.2 Å². The molecule has 0 N–H and O–H groups in total. The Kier molecular flexibility index (Phi) is 3.94. The molecule has 7 heteroatoms. The molecule has 4 rings (SSSR count). The van der Waals surface area contributed by atoms with Gasteiger partial charge in [-0.2, -0.15) is 4.31 Å². The summed E-state index contributed by atoms with van der Waals surface area (Å²) >= 11 is 0. The van der Waals surface area contributed by atoms with Crippen molar-refractivity contribution in [1.82, 2.24) is 4.31 Å². The molecular formula is C18H24N2O4S. The number of hydrogen-bond donors (Lipinski definition) is 0. The van der Waals surface area contributed by atoms with Gasteiger partial charge in [0.15, 0.2) is 0 Å². The van der Waals surface area contributed by atoms with Crippen molar-refractivity contribution < 1.29 is 17.9 Å². The molecule has 0 spiro atoms. The predicted octanol–water partition coefficient (Wildman–Crippen LogP) is 1.88. The molecule has 0 bridgehead atoms.